The summed E-state index contributed by atoms with van der Waals surface area (Å²) in [6, 6.07) is 23.9. The Balaban J connectivity index is 1.22. The molecule has 0 spiro atoms. The SMILES string of the molecule is c1ccc(CCCCCOc2ccc3cc(CN4CCOCC4)ccc3c2)cc1. The largest absolute Gasteiger partial charge is 0.494 e. The van der Waals surface area contributed by atoms with Gasteiger partial charge in [0, 0.05) is 19.6 Å². The van der Waals surface area contributed by atoms with E-state index in [0.29, 0.717) is 0 Å². The van der Waals surface area contributed by atoms with E-state index in [2.05, 4.69) is 71.6 Å². The highest BCUT2D eigenvalue weighted by Gasteiger charge is 2.11. The van der Waals surface area contributed by atoms with Crippen molar-refractivity contribution in [1.29, 1.82) is 0 Å². The molecule has 0 amide bonds. The number of morpholine rings is 1. The molecule has 152 valence electrons. The van der Waals surface area contributed by atoms with E-state index in [1.807, 2.05) is 0 Å². The molecule has 0 aliphatic carbocycles. The van der Waals surface area contributed by atoms with Crippen molar-refractivity contribution >= 4 is 10.8 Å². The van der Waals surface area contributed by atoms with E-state index in [0.717, 1.165) is 58.0 Å². The van der Waals surface area contributed by atoms with Gasteiger partial charge in [0.05, 0.1) is 19.8 Å². The van der Waals surface area contributed by atoms with Gasteiger partial charge in [-0.05, 0) is 65.8 Å². The summed E-state index contributed by atoms with van der Waals surface area (Å²) >= 11 is 0. The van der Waals surface area contributed by atoms with Gasteiger partial charge in [0.25, 0.3) is 0 Å². The van der Waals surface area contributed by atoms with E-state index in [1.165, 1.54) is 34.7 Å². The summed E-state index contributed by atoms with van der Waals surface area (Å²) in [6.07, 6.45) is 4.68. The normalized spacial score (nSPS) is 14.9. The second-order valence-corrected chi connectivity index (χ2v) is 7.88. The maximum absolute atomic E-state index is 6.00. The summed E-state index contributed by atoms with van der Waals surface area (Å²) in [5.41, 5.74) is 2.79. The van der Waals surface area contributed by atoms with Gasteiger partial charge in [0.1, 0.15) is 5.75 Å². The van der Waals surface area contributed by atoms with Crippen LogP contribution < -0.4 is 4.74 Å². The summed E-state index contributed by atoms with van der Waals surface area (Å²) < 4.78 is 11.4. The molecule has 1 aliphatic rings. The summed E-state index contributed by atoms with van der Waals surface area (Å²) in [5, 5.41) is 2.53. The van der Waals surface area contributed by atoms with Crippen LogP contribution in [-0.2, 0) is 17.7 Å². The van der Waals surface area contributed by atoms with Crippen LogP contribution in [0.4, 0.5) is 0 Å². The molecule has 0 radical (unpaired) electrons. The Bertz CT molecular complexity index is 888. The number of benzene rings is 3. The number of aryl methyl sites for hydroxylation is 1. The maximum Gasteiger partial charge on any atom is 0.119 e. The fourth-order valence-corrected chi connectivity index (χ4v) is 3.92. The molecule has 0 aromatic heterocycles. The van der Waals surface area contributed by atoms with Crippen LogP contribution in [0, 0.1) is 0 Å². The highest BCUT2D eigenvalue weighted by atomic mass is 16.5. The van der Waals surface area contributed by atoms with Crippen LogP contribution in [0.2, 0.25) is 0 Å². The van der Waals surface area contributed by atoms with Gasteiger partial charge in [-0.2, -0.15) is 0 Å². The number of hydrogen-bond donors (Lipinski definition) is 0. The Hall–Kier alpha value is -2.36. The van der Waals surface area contributed by atoms with Gasteiger partial charge in [0.15, 0.2) is 0 Å². The Morgan fingerprint density at radius 1 is 0.759 bits per heavy atom. The predicted octanol–water partition coefficient (Wildman–Crippen LogP) is 5.46. The topological polar surface area (TPSA) is 21.7 Å². The molecule has 3 aromatic rings. The van der Waals surface area contributed by atoms with Crippen molar-refractivity contribution < 1.29 is 9.47 Å². The highest BCUT2D eigenvalue weighted by molar-refractivity contribution is 5.84. The molecule has 0 atom stereocenters. The lowest BCUT2D eigenvalue weighted by Crippen LogP contribution is -2.35. The van der Waals surface area contributed by atoms with E-state index in [4.69, 9.17) is 9.47 Å². The van der Waals surface area contributed by atoms with Gasteiger partial charge >= 0.3 is 0 Å². The van der Waals surface area contributed by atoms with E-state index in [1.54, 1.807) is 0 Å². The average molecular weight is 390 g/mol. The minimum Gasteiger partial charge on any atom is -0.494 e. The summed E-state index contributed by atoms with van der Waals surface area (Å²) in [7, 11) is 0. The monoisotopic (exact) mass is 389 g/mol. The lowest BCUT2D eigenvalue weighted by Gasteiger charge is -2.26. The zero-order chi connectivity index (χ0) is 19.7. The lowest BCUT2D eigenvalue weighted by molar-refractivity contribution is 0.0342. The van der Waals surface area contributed by atoms with Crippen molar-refractivity contribution in [1.82, 2.24) is 4.90 Å². The molecule has 1 aliphatic heterocycles. The third-order valence-corrected chi connectivity index (χ3v) is 5.61. The summed E-state index contributed by atoms with van der Waals surface area (Å²) in [4.78, 5) is 2.46. The quantitative estimate of drug-likeness (QED) is 0.453. The third kappa shape index (κ3) is 6.06. The molecule has 4 rings (SSSR count). The number of ether oxygens (including phenoxy) is 2. The second kappa shape index (κ2) is 10.4. The van der Waals surface area contributed by atoms with Crippen LogP contribution in [0.1, 0.15) is 30.4 Å². The molecule has 1 heterocycles. The van der Waals surface area contributed by atoms with Crippen molar-refractivity contribution in [3.8, 4) is 5.75 Å². The number of rotatable bonds is 9. The van der Waals surface area contributed by atoms with Crippen LogP contribution in [0.5, 0.6) is 5.75 Å². The fraction of sp³-hybridized carbons (Fsp3) is 0.385. The number of unbranched alkanes of at least 4 members (excludes halogenated alkanes) is 2. The molecule has 1 saturated heterocycles. The first-order valence-corrected chi connectivity index (χ1v) is 10.9. The Labute approximate surface area is 174 Å². The van der Waals surface area contributed by atoms with E-state index in [9.17, 15) is 0 Å². The van der Waals surface area contributed by atoms with Crippen molar-refractivity contribution in [2.45, 2.75) is 32.2 Å². The Morgan fingerprint density at radius 2 is 1.55 bits per heavy atom. The minimum absolute atomic E-state index is 0.787. The van der Waals surface area contributed by atoms with Crippen molar-refractivity contribution in [3.63, 3.8) is 0 Å². The molecular formula is C26H31NO2. The van der Waals surface area contributed by atoms with Crippen LogP contribution in [-0.4, -0.2) is 37.8 Å². The van der Waals surface area contributed by atoms with Crippen LogP contribution in [0.15, 0.2) is 66.7 Å². The summed E-state index contributed by atoms with van der Waals surface area (Å²) in [6.45, 7) is 5.53. The Morgan fingerprint density at radius 3 is 2.41 bits per heavy atom. The van der Waals surface area contributed by atoms with Gasteiger partial charge in [-0.15, -0.1) is 0 Å². The zero-order valence-electron chi connectivity index (χ0n) is 17.2. The van der Waals surface area contributed by atoms with E-state index < -0.39 is 0 Å². The van der Waals surface area contributed by atoms with Gasteiger partial charge in [-0.1, -0.05) is 48.5 Å². The first-order valence-electron chi connectivity index (χ1n) is 10.9. The van der Waals surface area contributed by atoms with Gasteiger partial charge in [-0.25, -0.2) is 0 Å². The smallest absolute Gasteiger partial charge is 0.119 e. The molecule has 1 fully saturated rings. The van der Waals surface area contributed by atoms with Crippen LogP contribution >= 0.6 is 0 Å². The van der Waals surface area contributed by atoms with E-state index >= 15 is 0 Å². The average Bonchev–Trinajstić information content (AvgIpc) is 2.77. The zero-order valence-corrected chi connectivity index (χ0v) is 17.2. The predicted molar refractivity (Wildman–Crippen MR) is 120 cm³/mol. The molecule has 3 aromatic carbocycles. The van der Waals surface area contributed by atoms with Gasteiger partial charge in [-0.3, -0.25) is 4.90 Å². The standard InChI is InChI=1S/C26H31NO2/c1-3-7-22(8-4-1)9-5-2-6-16-29-26-13-12-24-19-23(10-11-25(24)20-26)21-27-14-17-28-18-15-27/h1,3-4,7-8,10-13,19-20H,2,5-6,9,14-18,21H2. The third-order valence-electron chi connectivity index (χ3n) is 5.61. The minimum atomic E-state index is 0.787. The summed E-state index contributed by atoms with van der Waals surface area (Å²) in [5.74, 6) is 0.974. The lowest BCUT2D eigenvalue weighted by atomic mass is 10.1. The molecular weight excluding hydrogens is 358 g/mol. The molecule has 3 nitrogen and oxygen atoms in total. The number of hydrogen-bond acceptors (Lipinski definition) is 3. The van der Waals surface area contributed by atoms with Crippen molar-refractivity contribution in [3.05, 3.63) is 77.9 Å². The fourth-order valence-electron chi connectivity index (χ4n) is 3.92. The highest BCUT2D eigenvalue weighted by Crippen LogP contribution is 2.23. The molecule has 0 bridgehead atoms. The number of fused-ring (bicyclic) bond motifs is 1. The number of nitrogens with zero attached hydrogens (tertiary/aromatic N) is 1. The molecule has 0 saturated carbocycles. The molecule has 3 heteroatoms. The maximum atomic E-state index is 6.00. The van der Waals surface area contributed by atoms with Crippen molar-refractivity contribution in [2.24, 2.45) is 0 Å². The Kier molecular flexibility index (Phi) is 7.17. The molecule has 0 N–H and O–H groups in total. The first-order chi connectivity index (χ1) is 14.4. The second-order valence-electron chi connectivity index (χ2n) is 7.88. The van der Waals surface area contributed by atoms with Crippen LogP contribution in [0.25, 0.3) is 10.8 Å². The van der Waals surface area contributed by atoms with Gasteiger partial charge in [0.2, 0.25) is 0 Å². The first kappa shape index (κ1) is 19.9. The van der Waals surface area contributed by atoms with Gasteiger partial charge < -0.3 is 9.47 Å². The van der Waals surface area contributed by atoms with Crippen LogP contribution in [0.3, 0.4) is 0 Å². The molecule has 29 heavy (non-hydrogen) atoms. The van der Waals surface area contributed by atoms with E-state index in [-0.39, 0.29) is 0 Å². The van der Waals surface area contributed by atoms with Crippen molar-refractivity contribution in [2.75, 3.05) is 32.9 Å². The molecule has 0 unspecified atom stereocenters.